The van der Waals surface area contributed by atoms with Gasteiger partial charge >= 0.3 is 10.2 Å². The fourth-order valence-corrected chi connectivity index (χ4v) is 1.98. The summed E-state index contributed by atoms with van der Waals surface area (Å²) in [5, 5.41) is 7.01. The molecule has 0 amide bonds. The van der Waals surface area contributed by atoms with Gasteiger partial charge in [0.15, 0.2) is 0 Å². The highest BCUT2D eigenvalue weighted by molar-refractivity contribution is 7.85. The van der Waals surface area contributed by atoms with E-state index in [0.29, 0.717) is 5.56 Å². The summed E-state index contributed by atoms with van der Waals surface area (Å²) >= 11 is 0. The number of hydrogen-bond acceptors (Lipinski definition) is 3. The molecule has 0 unspecified atom stereocenters. The lowest BCUT2D eigenvalue weighted by molar-refractivity contribution is 0.551. The highest BCUT2D eigenvalue weighted by atomic mass is 32.3. The molecule has 2 aromatic rings. The normalized spacial score (nSPS) is 10.2. The number of rotatable bonds is 3. The molecule has 2 aromatic carbocycles. The zero-order chi connectivity index (χ0) is 15.0. The van der Waals surface area contributed by atoms with Gasteiger partial charge < -0.3 is 5.73 Å². The molecule has 0 aliphatic rings. The van der Waals surface area contributed by atoms with Crippen LogP contribution in [-0.2, 0) is 16.0 Å². The summed E-state index contributed by atoms with van der Waals surface area (Å²) in [4.78, 5) is 0. The molecule has 0 heterocycles. The van der Waals surface area contributed by atoms with Crippen LogP contribution in [0.5, 0.6) is 0 Å². The smallest absolute Gasteiger partial charge is 0.306 e. The van der Waals surface area contributed by atoms with Crippen LogP contribution >= 0.6 is 0 Å². The second-order valence-electron chi connectivity index (χ2n) is 3.95. The van der Waals surface area contributed by atoms with Crippen molar-refractivity contribution in [1.82, 2.24) is 0 Å². The average molecular weight is 294 g/mol. The van der Waals surface area contributed by atoms with Crippen molar-refractivity contribution in [3.8, 4) is 0 Å². The first-order valence-corrected chi connectivity index (χ1v) is 7.29. The van der Waals surface area contributed by atoms with E-state index in [2.05, 4.69) is 0 Å². The molecule has 0 spiro atoms. The summed E-state index contributed by atoms with van der Waals surface area (Å²) < 4.78 is 32.3. The van der Waals surface area contributed by atoms with Gasteiger partial charge in [0, 0.05) is 5.56 Å². The second-order valence-corrected chi connectivity index (χ2v) is 5.31. The van der Waals surface area contributed by atoms with E-state index in [1.807, 2.05) is 30.3 Å². The Morgan fingerprint density at radius 2 is 1.45 bits per heavy atom. The van der Waals surface area contributed by atoms with Gasteiger partial charge in [-0.1, -0.05) is 60.7 Å². The standard InChI is InChI=1S/C7H7FO2S.C7H8N2/c8-11(9,10)6-7-4-2-1-3-5-7;8-7(9)6-4-2-1-3-5-6/h1-5H,6H2;1-5H,(H3,8,9). The Morgan fingerprint density at radius 1 is 1.00 bits per heavy atom. The maximum atomic E-state index is 12.0. The summed E-state index contributed by atoms with van der Waals surface area (Å²) in [5.74, 6) is -0.413. The molecule has 0 saturated carbocycles. The van der Waals surface area contributed by atoms with Crippen LogP contribution in [-0.4, -0.2) is 14.3 Å². The molecular formula is C14H15FN2O2S. The molecule has 4 nitrogen and oxygen atoms in total. The number of halogens is 1. The molecule has 0 aliphatic carbocycles. The molecular weight excluding hydrogens is 279 g/mol. The van der Waals surface area contributed by atoms with Crippen molar-refractivity contribution in [3.05, 3.63) is 71.8 Å². The van der Waals surface area contributed by atoms with Crippen LogP contribution in [0.3, 0.4) is 0 Å². The molecule has 20 heavy (non-hydrogen) atoms. The summed E-state index contributed by atoms with van der Waals surface area (Å²) in [7, 11) is -4.38. The Labute approximate surface area is 117 Å². The lowest BCUT2D eigenvalue weighted by Gasteiger charge is -1.93. The molecule has 2 rings (SSSR count). The number of nitrogens with two attached hydrogens (primary N) is 1. The van der Waals surface area contributed by atoms with E-state index in [9.17, 15) is 12.3 Å². The van der Waals surface area contributed by atoms with E-state index in [1.54, 1.807) is 30.3 Å². The monoisotopic (exact) mass is 294 g/mol. The maximum absolute atomic E-state index is 12.0. The lowest BCUT2D eigenvalue weighted by atomic mass is 10.2. The summed E-state index contributed by atoms with van der Waals surface area (Å²) in [6.45, 7) is 0. The zero-order valence-corrected chi connectivity index (χ0v) is 11.5. The quantitative estimate of drug-likeness (QED) is 0.518. The van der Waals surface area contributed by atoms with Gasteiger partial charge in [0.1, 0.15) is 11.6 Å². The van der Waals surface area contributed by atoms with E-state index < -0.39 is 16.0 Å². The third-order valence-corrected chi connectivity index (χ3v) is 2.94. The van der Waals surface area contributed by atoms with Crippen molar-refractivity contribution in [2.45, 2.75) is 5.75 Å². The largest absolute Gasteiger partial charge is 0.384 e. The van der Waals surface area contributed by atoms with Crippen molar-refractivity contribution in [2.75, 3.05) is 0 Å². The van der Waals surface area contributed by atoms with Gasteiger partial charge in [-0.05, 0) is 5.56 Å². The maximum Gasteiger partial charge on any atom is 0.306 e. The molecule has 0 aliphatic heterocycles. The Kier molecular flexibility index (Phi) is 5.86. The number of benzene rings is 2. The van der Waals surface area contributed by atoms with Crippen LogP contribution in [0.2, 0.25) is 0 Å². The van der Waals surface area contributed by atoms with Crippen LogP contribution in [0.15, 0.2) is 60.7 Å². The van der Waals surface area contributed by atoms with Gasteiger partial charge in [-0.2, -0.15) is 8.42 Å². The molecule has 0 bridgehead atoms. The number of hydrogen-bond donors (Lipinski definition) is 2. The van der Waals surface area contributed by atoms with Crippen molar-refractivity contribution in [1.29, 1.82) is 5.41 Å². The van der Waals surface area contributed by atoms with Crippen molar-refractivity contribution in [3.63, 3.8) is 0 Å². The first-order valence-electron chi connectivity index (χ1n) is 5.74. The molecule has 0 aromatic heterocycles. The minimum Gasteiger partial charge on any atom is -0.384 e. The number of amidine groups is 1. The van der Waals surface area contributed by atoms with E-state index >= 15 is 0 Å². The van der Waals surface area contributed by atoms with Gasteiger partial charge in [0.05, 0.1) is 0 Å². The average Bonchev–Trinajstić information content (AvgIpc) is 2.40. The highest BCUT2D eigenvalue weighted by Gasteiger charge is 2.06. The van der Waals surface area contributed by atoms with Gasteiger partial charge in [0.25, 0.3) is 0 Å². The molecule has 106 valence electrons. The van der Waals surface area contributed by atoms with Crippen molar-refractivity contribution >= 4 is 16.1 Å². The van der Waals surface area contributed by atoms with E-state index in [0.717, 1.165) is 5.56 Å². The fraction of sp³-hybridized carbons (Fsp3) is 0.0714. The lowest BCUT2D eigenvalue weighted by Crippen LogP contribution is -2.10. The van der Waals surface area contributed by atoms with Gasteiger partial charge in [0.2, 0.25) is 0 Å². The van der Waals surface area contributed by atoms with Gasteiger partial charge in [-0.25, -0.2) is 0 Å². The fourth-order valence-electron chi connectivity index (χ4n) is 1.39. The SMILES string of the molecule is N=C(N)c1ccccc1.O=S(=O)(F)Cc1ccccc1. The minimum atomic E-state index is -4.38. The predicted molar refractivity (Wildman–Crippen MR) is 77.6 cm³/mol. The summed E-state index contributed by atoms with van der Waals surface area (Å²) in [5.41, 5.74) is 6.44. The van der Waals surface area contributed by atoms with E-state index in [-0.39, 0.29) is 5.84 Å². The Balaban J connectivity index is 0.000000204. The van der Waals surface area contributed by atoms with Crippen molar-refractivity contribution < 1.29 is 12.3 Å². The summed E-state index contributed by atoms with van der Waals surface area (Å²) in [6.07, 6.45) is 0. The molecule has 0 atom stereocenters. The van der Waals surface area contributed by atoms with Crippen LogP contribution in [0.25, 0.3) is 0 Å². The van der Waals surface area contributed by atoms with E-state index in [4.69, 9.17) is 11.1 Å². The third kappa shape index (κ3) is 6.65. The minimum absolute atomic E-state index is 0.121. The number of nitrogen functional groups attached to an aromatic ring is 1. The second kappa shape index (κ2) is 7.40. The first-order chi connectivity index (χ1) is 9.38. The summed E-state index contributed by atoms with van der Waals surface area (Å²) in [6, 6.07) is 17.4. The van der Waals surface area contributed by atoms with E-state index in [1.165, 1.54) is 0 Å². The third-order valence-electron chi connectivity index (χ3n) is 2.27. The van der Waals surface area contributed by atoms with Crippen LogP contribution in [0.4, 0.5) is 3.89 Å². The zero-order valence-electron chi connectivity index (χ0n) is 10.7. The molecule has 0 fully saturated rings. The highest BCUT2D eigenvalue weighted by Crippen LogP contribution is 2.05. The first kappa shape index (κ1) is 15.8. The molecule has 3 N–H and O–H groups in total. The number of nitrogens with one attached hydrogen (secondary N) is 1. The topological polar surface area (TPSA) is 84.0 Å². The Bertz CT molecular complexity index is 643. The molecule has 0 saturated heterocycles. The van der Waals surface area contributed by atoms with Crippen LogP contribution < -0.4 is 5.73 Å². The molecule has 0 radical (unpaired) electrons. The van der Waals surface area contributed by atoms with Crippen LogP contribution in [0, 0.1) is 5.41 Å². The van der Waals surface area contributed by atoms with Gasteiger partial charge in [-0.15, -0.1) is 3.89 Å². The van der Waals surface area contributed by atoms with Crippen molar-refractivity contribution in [2.24, 2.45) is 5.73 Å². The molecule has 6 heteroatoms. The predicted octanol–water partition coefficient (Wildman–Crippen LogP) is 2.46. The Morgan fingerprint density at radius 3 is 1.80 bits per heavy atom. The van der Waals surface area contributed by atoms with Crippen LogP contribution in [0.1, 0.15) is 11.1 Å². The van der Waals surface area contributed by atoms with Gasteiger partial charge in [-0.3, -0.25) is 5.41 Å². The Hall–Kier alpha value is -2.21.